The second kappa shape index (κ2) is 24.8. The Balaban J connectivity index is 1.52. The molecule has 0 aliphatic carbocycles. The van der Waals surface area contributed by atoms with E-state index >= 15 is 0 Å². The van der Waals surface area contributed by atoms with Crippen LogP contribution in [0.5, 0.6) is 23.1 Å². The molecule has 5 rings (SSSR count). The van der Waals surface area contributed by atoms with Crippen molar-refractivity contribution in [3.05, 3.63) is 108 Å². The highest BCUT2D eigenvalue weighted by atomic mass is 32.2. The standard InChI is InChI=1S/C42H49N7O17S/c1-42(2,3)31-13-15-32(16-14-31)67(56,57)47(28-63-41(51)62-21-19-59-20-24-64-48(52)53)39-36(66-34-12-6-5-11-33(34)58-4)40(46-38(45-39)37-43-17-8-18-44-37)61-23-22-60-35(50)26-29-9-7-10-30(25-29)27-65-49(54)55/h5-18,25,52-55H,19-24,26-28H2,1-4H3. The zero-order valence-corrected chi connectivity index (χ0v) is 37.5. The molecule has 24 nitrogen and oxygen atoms in total. The van der Waals surface area contributed by atoms with Crippen molar-refractivity contribution in [3.63, 3.8) is 0 Å². The van der Waals surface area contributed by atoms with Crippen LogP contribution < -0.4 is 18.5 Å². The van der Waals surface area contributed by atoms with E-state index in [1.807, 2.05) is 20.8 Å². The average molecular weight is 956 g/mol. The first kappa shape index (κ1) is 51.3. The lowest BCUT2D eigenvalue weighted by atomic mass is 9.87. The molecule has 0 atom stereocenters. The topological polar surface area (TPSA) is 294 Å². The summed E-state index contributed by atoms with van der Waals surface area (Å²) in [6.45, 7) is 3.04. The molecule has 4 N–H and O–H groups in total. The number of ether oxygens (including phenoxy) is 7. The van der Waals surface area contributed by atoms with E-state index in [2.05, 4.69) is 29.6 Å². The molecule has 360 valence electrons. The minimum atomic E-state index is -4.76. The first-order chi connectivity index (χ1) is 32.0. The van der Waals surface area contributed by atoms with E-state index in [4.69, 9.17) is 54.0 Å². The minimum absolute atomic E-state index is 0.0523. The zero-order valence-electron chi connectivity index (χ0n) is 36.7. The zero-order chi connectivity index (χ0) is 48.4. The monoisotopic (exact) mass is 955 g/mol. The summed E-state index contributed by atoms with van der Waals surface area (Å²) in [5, 5.41) is 34.1. The first-order valence-corrected chi connectivity index (χ1v) is 21.5. The highest BCUT2D eigenvalue weighted by molar-refractivity contribution is 7.92. The number of anilines is 1. The van der Waals surface area contributed by atoms with Crippen molar-refractivity contribution in [2.45, 2.75) is 44.1 Å². The summed E-state index contributed by atoms with van der Waals surface area (Å²) >= 11 is 0. The Morgan fingerprint density at radius 3 is 2.06 bits per heavy atom. The number of carbonyl (C=O) groups is 2. The van der Waals surface area contributed by atoms with Gasteiger partial charge in [0.1, 0.15) is 19.8 Å². The Bertz CT molecular complexity index is 2480. The van der Waals surface area contributed by atoms with Gasteiger partial charge in [-0.3, -0.25) is 25.6 Å². The number of nitrogens with zero attached hydrogens (tertiary/aromatic N) is 7. The summed E-state index contributed by atoms with van der Waals surface area (Å²) in [6.07, 6.45) is 1.31. The molecule has 2 aromatic heterocycles. The molecule has 5 aromatic rings. The summed E-state index contributed by atoms with van der Waals surface area (Å²) < 4.78 is 69.5. The largest absolute Gasteiger partial charge is 0.510 e. The third kappa shape index (κ3) is 15.7. The van der Waals surface area contributed by atoms with Crippen LogP contribution in [0.2, 0.25) is 0 Å². The van der Waals surface area contributed by atoms with E-state index in [9.17, 15) is 18.0 Å². The second-order valence-corrected chi connectivity index (χ2v) is 16.5. The molecule has 0 saturated carbocycles. The van der Waals surface area contributed by atoms with E-state index in [1.165, 1.54) is 43.8 Å². The van der Waals surface area contributed by atoms with Gasteiger partial charge in [-0.05, 0) is 52.4 Å². The lowest BCUT2D eigenvalue weighted by Crippen LogP contribution is -2.36. The van der Waals surface area contributed by atoms with Crippen LogP contribution in [-0.4, -0.2) is 126 Å². The quantitative estimate of drug-likeness (QED) is 0.0258. The molecule has 0 radical (unpaired) electrons. The number of hydrogen-bond donors (Lipinski definition) is 4. The number of aromatic nitrogens is 4. The number of rotatable bonds is 25. The number of carbonyl (C=O) groups excluding carboxylic acids is 2. The molecule has 0 spiro atoms. The third-order valence-electron chi connectivity index (χ3n) is 8.86. The fourth-order valence-corrected chi connectivity index (χ4v) is 6.97. The predicted molar refractivity (Wildman–Crippen MR) is 227 cm³/mol. The van der Waals surface area contributed by atoms with Gasteiger partial charge < -0.3 is 33.2 Å². The van der Waals surface area contributed by atoms with E-state index < -0.39 is 51.2 Å². The Morgan fingerprint density at radius 2 is 1.37 bits per heavy atom. The highest BCUT2D eigenvalue weighted by Crippen LogP contribution is 2.43. The van der Waals surface area contributed by atoms with Crippen molar-refractivity contribution in [3.8, 4) is 34.8 Å². The van der Waals surface area contributed by atoms with Gasteiger partial charge in [-0.15, -0.1) is 0 Å². The van der Waals surface area contributed by atoms with Gasteiger partial charge in [0.15, 0.2) is 29.9 Å². The Kier molecular flexibility index (Phi) is 19.0. The molecular weight excluding hydrogens is 907 g/mol. The summed E-state index contributed by atoms with van der Waals surface area (Å²) in [7, 11) is -3.38. The summed E-state index contributed by atoms with van der Waals surface area (Å²) in [5.74, 6) is -2.08. The van der Waals surface area contributed by atoms with Crippen LogP contribution in [0.25, 0.3) is 11.6 Å². The number of para-hydroxylation sites is 2. The molecule has 0 amide bonds. The second-order valence-electron chi connectivity index (χ2n) is 14.6. The van der Waals surface area contributed by atoms with Gasteiger partial charge in [-0.2, -0.15) is 4.98 Å². The molecule has 0 aliphatic rings. The van der Waals surface area contributed by atoms with Gasteiger partial charge in [0.05, 0.1) is 55.6 Å². The Hall–Kier alpha value is -6.65. The van der Waals surface area contributed by atoms with E-state index in [-0.39, 0.29) is 92.0 Å². The molecule has 3 aromatic carbocycles. The molecular formula is C42H49N7O17S. The highest BCUT2D eigenvalue weighted by Gasteiger charge is 2.35. The lowest BCUT2D eigenvalue weighted by Gasteiger charge is -2.26. The molecule has 2 heterocycles. The molecule has 0 aliphatic heterocycles. The molecule has 67 heavy (non-hydrogen) atoms. The van der Waals surface area contributed by atoms with Crippen LogP contribution in [0.4, 0.5) is 10.6 Å². The SMILES string of the molecule is COc1ccccc1Oc1c(OCCOC(=O)Cc2cccc(CON(O)O)c2)nc(-c2ncccn2)nc1N(COC(=O)OCCOCCON(O)O)S(=O)(=O)c1ccc(C(C)(C)C)cc1. The molecule has 0 saturated heterocycles. The first-order valence-electron chi connectivity index (χ1n) is 20.0. The van der Waals surface area contributed by atoms with Gasteiger partial charge in [-0.25, -0.2) is 42.1 Å². The average Bonchev–Trinajstić information content (AvgIpc) is 3.30. The van der Waals surface area contributed by atoms with Crippen LogP contribution in [0.3, 0.4) is 0 Å². The maximum atomic E-state index is 14.9. The molecule has 0 fully saturated rings. The molecule has 25 heteroatoms. The Labute approximate surface area is 384 Å². The lowest BCUT2D eigenvalue weighted by molar-refractivity contribution is -0.497. The minimum Gasteiger partial charge on any atom is -0.493 e. The van der Waals surface area contributed by atoms with Crippen molar-refractivity contribution in [1.82, 2.24) is 30.7 Å². The van der Waals surface area contributed by atoms with Crippen LogP contribution in [0.1, 0.15) is 37.5 Å². The predicted octanol–water partition coefficient (Wildman–Crippen LogP) is 5.04. The third-order valence-corrected chi connectivity index (χ3v) is 10.6. The Morgan fingerprint density at radius 1 is 0.701 bits per heavy atom. The van der Waals surface area contributed by atoms with Crippen molar-refractivity contribution >= 4 is 28.0 Å². The maximum Gasteiger partial charge on any atom is 0.510 e. The van der Waals surface area contributed by atoms with Crippen molar-refractivity contribution in [2.75, 3.05) is 57.8 Å². The maximum absolute atomic E-state index is 14.9. The smallest absolute Gasteiger partial charge is 0.493 e. The molecule has 0 bridgehead atoms. The number of sulfonamides is 1. The van der Waals surface area contributed by atoms with Gasteiger partial charge in [0.2, 0.25) is 11.6 Å². The normalized spacial score (nSPS) is 11.6. The fraction of sp³-hybridized carbons (Fsp3) is 0.333. The van der Waals surface area contributed by atoms with Crippen LogP contribution in [0.15, 0.2) is 96.2 Å². The molecule has 0 unspecified atom stereocenters. The van der Waals surface area contributed by atoms with Gasteiger partial charge >= 0.3 is 12.1 Å². The van der Waals surface area contributed by atoms with Gasteiger partial charge in [0, 0.05) is 12.4 Å². The van der Waals surface area contributed by atoms with Crippen LogP contribution in [0, 0.1) is 0 Å². The van der Waals surface area contributed by atoms with Gasteiger partial charge in [0.25, 0.3) is 15.9 Å². The van der Waals surface area contributed by atoms with E-state index in [1.54, 1.807) is 54.6 Å². The van der Waals surface area contributed by atoms with E-state index in [0.29, 0.717) is 15.4 Å². The van der Waals surface area contributed by atoms with Crippen LogP contribution in [-0.2, 0) is 61.9 Å². The van der Waals surface area contributed by atoms with Gasteiger partial charge in [-0.1, -0.05) is 69.3 Å². The van der Waals surface area contributed by atoms with Crippen LogP contribution >= 0.6 is 0 Å². The van der Waals surface area contributed by atoms with Crippen molar-refractivity contribution < 1.29 is 81.7 Å². The van der Waals surface area contributed by atoms with Crippen molar-refractivity contribution in [1.29, 1.82) is 0 Å². The number of hydrogen-bond acceptors (Lipinski definition) is 23. The fourth-order valence-electron chi connectivity index (χ4n) is 5.69. The number of methoxy groups -OCH3 is 1. The van der Waals surface area contributed by atoms with E-state index in [0.717, 1.165) is 5.56 Å². The number of esters is 1. The summed E-state index contributed by atoms with van der Waals surface area (Å²) in [5.41, 5.74) is 1.55. The van der Waals surface area contributed by atoms with Crippen molar-refractivity contribution in [2.24, 2.45) is 0 Å². The summed E-state index contributed by atoms with van der Waals surface area (Å²) in [6, 6.07) is 20.5. The number of benzene rings is 3. The summed E-state index contributed by atoms with van der Waals surface area (Å²) in [4.78, 5) is 52.3.